The van der Waals surface area contributed by atoms with Gasteiger partial charge in [0.25, 0.3) is 0 Å². The van der Waals surface area contributed by atoms with Gasteiger partial charge >= 0.3 is 5.97 Å². The van der Waals surface area contributed by atoms with Gasteiger partial charge in [0, 0.05) is 10.0 Å². The quantitative estimate of drug-likeness (QED) is 0.806. The molecule has 18 heavy (non-hydrogen) atoms. The minimum Gasteiger partial charge on any atom is -0.481 e. The summed E-state index contributed by atoms with van der Waals surface area (Å²) in [4.78, 5) is 11.7. The van der Waals surface area contributed by atoms with Gasteiger partial charge in [0.05, 0.1) is 10.4 Å². The molecule has 5 heteroatoms. The summed E-state index contributed by atoms with van der Waals surface area (Å²) < 4.78 is 14.6. The van der Waals surface area contributed by atoms with Crippen molar-refractivity contribution in [1.29, 1.82) is 0 Å². The van der Waals surface area contributed by atoms with E-state index >= 15 is 0 Å². The summed E-state index contributed by atoms with van der Waals surface area (Å²) in [6.45, 7) is 0. The number of carboxylic acids is 1. The minimum atomic E-state index is -1.18. The molecule has 0 bridgehead atoms. The Kier molecular flexibility index (Phi) is 3.97. The lowest BCUT2D eigenvalue weighted by Crippen LogP contribution is -2.39. The van der Waals surface area contributed by atoms with Gasteiger partial charge < -0.3 is 5.11 Å². The summed E-state index contributed by atoms with van der Waals surface area (Å²) in [7, 11) is 0. The van der Waals surface area contributed by atoms with E-state index in [1.54, 1.807) is 0 Å². The number of hydrogen-bond donors (Lipinski definition) is 1. The molecule has 98 valence electrons. The van der Waals surface area contributed by atoms with Crippen LogP contribution in [-0.4, -0.2) is 11.1 Å². The van der Waals surface area contributed by atoms with Crippen molar-refractivity contribution < 1.29 is 14.3 Å². The Morgan fingerprint density at radius 2 is 1.94 bits per heavy atom. The second-order valence-electron chi connectivity index (χ2n) is 4.67. The third kappa shape index (κ3) is 2.16. The first-order valence-corrected chi connectivity index (χ1v) is 7.03. The van der Waals surface area contributed by atoms with Crippen LogP contribution in [0.2, 0.25) is 5.02 Å². The zero-order chi connectivity index (χ0) is 13.3. The minimum absolute atomic E-state index is 0.130. The molecule has 2 rings (SSSR count). The molecule has 1 aromatic carbocycles. The standard InChI is InChI=1S/C13H13BrClFO2/c14-8-4-5-9(16)10(11(8)15)13(12(17)18)6-2-1-3-7-13/h4-5H,1-3,6-7H2,(H,17,18). The lowest BCUT2D eigenvalue weighted by atomic mass is 9.69. The predicted molar refractivity (Wildman–Crippen MR) is 71.5 cm³/mol. The van der Waals surface area contributed by atoms with Crippen molar-refractivity contribution in [2.24, 2.45) is 0 Å². The van der Waals surface area contributed by atoms with Crippen LogP contribution in [0.3, 0.4) is 0 Å². The lowest BCUT2D eigenvalue weighted by Gasteiger charge is -2.34. The van der Waals surface area contributed by atoms with Crippen molar-refractivity contribution in [3.05, 3.63) is 33.0 Å². The molecular weight excluding hydrogens is 322 g/mol. The van der Waals surface area contributed by atoms with E-state index < -0.39 is 17.2 Å². The van der Waals surface area contributed by atoms with E-state index in [9.17, 15) is 14.3 Å². The Morgan fingerprint density at radius 1 is 1.33 bits per heavy atom. The van der Waals surface area contributed by atoms with E-state index in [1.165, 1.54) is 12.1 Å². The third-order valence-electron chi connectivity index (χ3n) is 3.64. The summed E-state index contributed by atoms with van der Waals surface area (Å²) in [6, 6.07) is 2.77. The summed E-state index contributed by atoms with van der Waals surface area (Å²) in [5.41, 5.74) is -1.05. The largest absolute Gasteiger partial charge is 0.481 e. The Hall–Kier alpha value is -0.610. The second-order valence-corrected chi connectivity index (χ2v) is 5.90. The molecule has 0 saturated heterocycles. The van der Waals surface area contributed by atoms with Gasteiger partial charge in [-0.2, -0.15) is 0 Å². The number of aliphatic carboxylic acids is 1. The molecule has 1 N–H and O–H groups in total. The fraction of sp³-hybridized carbons (Fsp3) is 0.462. The Balaban J connectivity index is 2.63. The third-order valence-corrected chi connectivity index (χ3v) is 4.92. The SMILES string of the molecule is O=C(O)C1(c2c(F)ccc(Br)c2Cl)CCCCC1. The topological polar surface area (TPSA) is 37.3 Å². The summed E-state index contributed by atoms with van der Waals surface area (Å²) in [5.74, 6) is -1.52. The molecule has 0 amide bonds. The van der Waals surface area contributed by atoms with E-state index in [1.807, 2.05) is 0 Å². The van der Waals surface area contributed by atoms with Crippen molar-refractivity contribution in [3.8, 4) is 0 Å². The van der Waals surface area contributed by atoms with Crippen LogP contribution in [0.15, 0.2) is 16.6 Å². The van der Waals surface area contributed by atoms with E-state index in [0.29, 0.717) is 17.3 Å². The lowest BCUT2D eigenvalue weighted by molar-refractivity contribution is -0.145. The van der Waals surface area contributed by atoms with Gasteiger partial charge in [-0.25, -0.2) is 4.39 Å². The maximum absolute atomic E-state index is 14.1. The Bertz CT molecular complexity index is 484. The highest BCUT2D eigenvalue weighted by Crippen LogP contribution is 2.45. The van der Waals surface area contributed by atoms with E-state index in [-0.39, 0.29) is 10.6 Å². The van der Waals surface area contributed by atoms with Crippen molar-refractivity contribution in [1.82, 2.24) is 0 Å². The number of carbonyl (C=O) groups is 1. The van der Waals surface area contributed by atoms with Crippen LogP contribution in [0.25, 0.3) is 0 Å². The first-order valence-electron chi connectivity index (χ1n) is 5.86. The zero-order valence-electron chi connectivity index (χ0n) is 9.68. The van der Waals surface area contributed by atoms with Crippen LogP contribution >= 0.6 is 27.5 Å². The first kappa shape index (κ1) is 13.8. The van der Waals surface area contributed by atoms with Gasteiger partial charge in [0.15, 0.2) is 0 Å². The van der Waals surface area contributed by atoms with Crippen molar-refractivity contribution in [2.45, 2.75) is 37.5 Å². The van der Waals surface area contributed by atoms with Crippen LogP contribution in [0.4, 0.5) is 4.39 Å². The molecule has 0 heterocycles. The summed E-state index contributed by atoms with van der Waals surface area (Å²) in [6.07, 6.45) is 3.44. The summed E-state index contributed by atoms with van der Waals surface area (Å²) in [5, 5.41) is 9.72. The second kappa shape index (κ2) is 5.17. The van der Waals surface area contributed by atoms with Crippen LogP contribution in [0.1, 0.15) is 37.7 Å². The van der Waals surface area contributed by atoms with Crippen LogP contribution in [0.5, 0.6) is 0 Å². The maximum atomic E-state index is 14.1. The molecule has 0 atom stereocenters. The highest BCUT2D eigenvalue weighted by Gasteiger charge is 2.44. The molecule has 0 radical (unpaired) electrons. The number of benzene rings is 1. The zero-order valence-corrected chi connectivity index (χ0v) is 12.0. The molecule has 1 aliphatic rings. The highest BCUT2D eigenvalue weighted by molar-refractivity contribution is 9.10. The van der Waals surface area contributed by atoms with Gasteiger partial charge in [-0.3, -0.25) is 4.79 Å². The van der Waals surface area contributed by atoms with Gasteiger partial charge in [-0.1, -0.05) is 30.9 Å². The maximum Gasteiger partial charge on any atom is 0.314 e. The van der Waals surface area contributed by atoms with E-state index in [0.717, 1.165) is 19.3 Å². The van der Waals surface area contributed by atoms with Crippen LogP contribution < -0.4 is 0 Å². The van der Waals surface area contributed by atoms with Crippen molar-refractivity contribution in [2.75, 3.05) is 0 Å². The van der Waals surface area contributed by atoms with Gasteiger partial charge in [-0.05, 0) is 40.9 Å². The van der Waals surface area contributed by atoms with Crippen molar-refractivity contribution in [3.63, 3.8) is 0 Å². The fourth-order valence-corrected chi connectivity index (χ4v) is 3.36. The molecule has 0 aliphatic heterocycles. The number of carboxylic acid groups (broad SMARTS) is 1. The predicted octanol–water partition coefficient (Wildman–Crippen LogP) is 4.53. The number of hydrogen-bond acceptors (Lipinski definition) is 1. The van der Waals surface area contributed by atoms with E-state index in [2.05, 4.69) is 15.9 Å². The molecular formula is C13H13BrClFO2. The monoisotopic (exact) mass is 334 g/mol. The molecule has 0 unspecified atom stereocenters. The molecule has 0 spiro atoms. The molecule has 0 aromatic heterocycles. The molecule has 1 saturated carbocycles. The van der Waals surface area contributed by atoms with Crippen LogP contribution in [-0.2, 0) is 10.2 Å². The Labute approximate surface area is 118 Å². The van der Waals surface area contributed by atoms with Gasteiger partial charge in [0.1, 0.15) is 5.82 Å². The molecule has 2 nitrogen and oxygen atoms in total. The number of halogens is 3. The smallest absolute Gasteiger partial charge is 0.314 e. The average Bonchev–Trinajstić information content (AvgIpc) is 2.35. The summed E-state index contributed by atoms with van der Waals surface area (Å²) >= 11 is 9.34. The van der Waals surface area contributed by atoms with Gasteiger partial charge in [-0.15, -0.1) is 0 Å². The van der Waals surface area contributed by atoms with Gasteiger partial charge in [0.2, 0.25) is 0 Å². The van der Waals surface area contributed by atoms with Crippen molar-refractivity contribution >= 4 is 33.5 Å². The van der Waals surface area contributed by atoms with Crippen LogP contribution in [0, 0.1) is 5.82 Å². The number of rotatable bonds is 2. The molecule has 1 fully saturated rings. The highest BCUT2D eigenvalue weighted by atomic mass is 79.9. The Morgan fingerprint density at radius 3 is 2.50 bits per heavy atom. The average molecular weight is 336 g/mol. The fourth-order valence-electron chi connectivity index (χ4n) is 2.69. The van der Waals surface area contributed by atoms with E-state index in [4.69, 9.17) is 11.6 Å². The first-order chi connectivity index (χ1) is 8.49. The molecule has 1 aromatic rings. The normalized spacial score (nSPS) is 18.6. The molecule has 1 aliphatic carbocycles.